The standard InChI is InChI=1S/C20H24BN5O2/c1-14-12-16(6-7-18(14)26-10-8-25(2)9-11-26)23-20-22-13-15-4-3-5-17(21(27)28)19(15)24-20/h3-7,12-13,27-28H,8-11H2,1-2H3,(H,22,23,24). The molecule has 1 aromatic heterocycles. The maximum Gasteiger partial charge on any atom is 0.490 e. The number of hydrogen-bond donors (Lipinski definition) is 3. The summed E-state index contributed by atoms with van der Waals surface area (Å²) in [5.41, 5.74) is 4.24. The van der Waals surface area contributed by atoms with Crippen LogP contribution in [0.5, 0.6) is 0 Å². The van der Waals surface area contributed by atoms with Crippen molar-refractivity contribution in [1.29, 1.82) is 0 Å². The van der Waals surface area contributed by atoms with Crippen molar-refractivity contribution in [3.05, 3.63) is 48.2 Å². The average Bonchev–Trinajstić information content (AvgIpc) is 2.68. The van der Waals surface area contributed by atoms with Crippen LogP contribution < -0.4 is 15.7 Å². The maximum absolute atomic E-state index is 9.58. The minimum Gasteiger partial charge on any atom is -0.423 e. The van der Waals surface area contributed by atoms with Crippen LogP contribution in [-0.4, -0.2) is 65.3 Å². The van der Waals surface area contributed by atoms with E-state index in [1.54, 1.807) is 18.3 Å². The number of nitrogens with zero attached hydrogens (tertiary/aromatic N) is 4. The van der Waals surface area contributed by atoms with E-state index in [1.807, 2.05) is 12.1 Å². The second-order valence-corrected chi connectivity index (χ2v) is 7.27. The van der Waals surface area contributed by atoms with Crippen LogP contribution in [0, 0.1) is 6.92 Å². The Morgan fingerprint density at radius 3 is 2.57 bits per heavy atom. The summed E-state index contributed by atoms with van der Waals surface area (Å²) in [5, 5.41) is 23.1. The summed E-state index contributed by atoms with van der Waals surface area (Å²) in [6.07, 6.45) is 1.68. The normalized spacial score (nSPS) is 15.1. The fourth-order valence-corrected chi connectivity index (χ4v) is 3.61. The fourth-order valence-electron chi connectivity index (χ4n) is 3.61. The SMILES string of the molecule is Cc1cc(Nc2ncc3cccc(B(O)O)c3n2)ccc1N1CCN(C)CC1. The number of fused-ring (bicyclic) bond motifs is 1. The van der Waals surface area contributed by atoms with Crippen LogP contribution >= 0.6 is 0 Å². The monoisotopic (exact) mass is 377 g/mol. The zero-order chi connectivity index (χ0) is 19.7. The Kier molecular flexibility index (Phi) is 5.17. The van der Waals surface area contributed by atoms with Gasteiger partial charge in [-0.25, -0.2) is 9.97 Å². The van der Waals surface area contributed by atoms with Crippen LogP contribution in [0.4, 0.5) is 17.3 Å². The zero-order valence-electron chi connectivity index (χ0n) is 16.1. The van der Waals surface area contributed by atoms with E-state index in [4.69, 9.17) is 0 Å². The number of likely N-dealkylation sites (N-methyl/N-ethyl adjacent to an activating group) is 1. The lowest BCUT2D eigenvalue weighted by Crippen LogP contribution is -2.44. The van der Waals surface area contributed by atoms with Gasteiger partial charge in [0.2, 0.25) is 5.95 Å². The van der Waals surface area contributed by atoms with Gasteiger partial charge in [0, 0.05) is 54.6 Å². The van der Waals surface area contributed by atoms with Crippen LogP contribution in [0.2, 0.25) is 0 Å². The molecule has 0 amide bonds. The minimum absolute atomic E-state index is 0.365. The van der Waals surface area contributed by atoms with Crippen LogP contribution in [0.15, 0.2) is 42.6 Å². The number of aryl methyl sites for hydroxylation is 1. The Labute approximate surface area is 164 Å². The van der Waals surface area contributed by atoms with Crippen molar-refractivity contribution in [3.8, 4) is 0 Å². The zero-order valence-corrected chi connectivity index (χ0v) is 16.1. The summed E-state index contributed by atoms with van der Waals surface area (Å²) in [6, 6.07) is 11.5. The number of anilines is 3. The van der Waals surface area contributed by atoms with Gasteiger partial charge in [0.1, 0.15) is 0 Å². The molecule has 0 bridgehead atoms. The van der Waals surface area contributed by atoms with Crippen molar-refractivity contribution in [2.75, 3.05) is 43.4 Å². The van der Waals surface area contributed by atoms with E-state index in [0.29, 0.717) is 16.9 Å². The van der Waals surface area contributed by atoms with E-state index in [0.717, 1.165) is 37.3 Å². The van der Waals surface area contributed by atoms with E-state index in [9.17, 15) is 10.0 Å². The summed E-state index contributed by atoms with van der Waals surface area (Å²) in [4.78, 5) is 13.6. The molecule has 0 spiro atoms. The maximum atomic E-state index is 9.58. The van der Waals surface area contributed by atoms with Crippen molar-refractivity contribution >= 4 is 40.8 Å². The first-order chi connectivity index (χ1) is 13.5. The third kappa shape index (κ3) is 3.80. The molecule has 144 valence electrons. The Morgan fingerprint density at radius 1 is 1.07 bits per heavy atom. The van der Waals surface area contributed by atoms with Gasteiger partial charge in [-0.2, -0.15) is 0 Å². The van der Waals surface area contributed by atoms with E-state index in [2.05, 4.69) is 51.2 Å². The highest BCUT2D eigenvalue weighted by molar-refractivity contribution is 6.61. The van der Waals surface area contributed by atoms with Crippen LogP contribution in [-0.2, 0) is 0 Å². The molecular weight excluding hydrogens is 353 g/mol. The smallest absolute Gasteiger partial charge is 0.423 e. The lowest BCUT2D eigenvalue weighted by Gasteiger charge is -2.35. The molecule has 3 N–H and O–H groups in total. The summed E-state index contributed by atoms with van der Waals surface area (Å²) in [5.74, 6) is 0.423. The molecule has 0 radical (unpaired) electrons. The highest BCUT2D eigenvalue weighted by Crippen LogP contribution is 2.26. The van der Waals surface area contributed by atoms with Crippen LogP contribution in [0.25, 0.3) is 10.9 Å². The number of piperazine rings is 1. The third-order valence-corrected chi connectivity index (χ3v) is 5.22. The highest BCUT2D eigenvalue weighted by Gasteiger charge is 2.17. The molecule has 2 heterocycles. The first-order valence-corrected chi connectivity index (χ1v) is 9.44. The molecule has 0 aliphatic carbocycles. The van der Waals surface area contributed by atoms with E-state index in [1.165, 1.54) is 11.3 Å². The Hall–Kier alpha value is -2.68. The van der Waals surface area contributed by atoms with Gasteiger partial charge in [0.15, 0.2) is 0 Å². The number of rotatable bonds is 4. The molecule has 3 aromatic rings. The second kappa shape index (κ2) is 7.75. The van der Waals surface area contributed by atoms with Crippen LogP contribution in [0.3, 0.4) is 0 Å². The third-order valence-electron chi connectivity index (χ3n) is 5.22. The fraction of sp³-hybridized carbons (Fsp3) is 0.300. The predicted octanol–water partition coefficient (Wildman–Crippen LogP) is 1.11. The molecule has 1 aliphatic rings. The lowest BCUT2D eigenvalue weighted by molar-refractivity contribution is 0.312. The molecule has 28 heavy (non-hydrogen) atoms. The highest BCUT2D eigenvalue weighted by atomic mass is 16.4. The van der Waals surface area contributed by atoms with Crippen LogP contribution in [0.1, 0.15) is 5.56 Å². The number of para-hydroxylation sites is 1. The summed E-state index contributed by atoms with van der Waals surface area (Å²) >= 11 is 0. The number of aromatic nitrogens is 2. The van der Waals surface area contributed by atoms with Gasteiger partial charge < -0.3 is 25.2 Å². The molecule has 4 rings (SSSR count). The van der Waals surface area contributed by atoms with Gasteiger partial charge in [-0.05, 0) is 37.7 Å². The Balaban J connectivity index is 1.57. The number of benzene rings is 2. The second-order valence-electron chi connectivity index (χ2n) is 7.27. The van der Waals surface area contributed by atoms with Crippen molar-refractivity contribution in [1.82, 2.24) is 14.9 Å². The molecule has 1 aliphatic heterocycles. The minimum atomic E-state index is -1.57. The lowest BCUT2D eigenvalue weighted by atomic mass is 9.79. The molecule has 7 nitrogen and oxygen atoms in total. The summed E-state index contributed by atoms with van der Waals surface area (Å²) < 4.78 is 0. The molecule has 0 saturated carbocycles. The number of hydrogen-bond acceptors (Lipinski definition) is 7. The van der Waals surface area contributed by atoms with Gasteiger partial charge in [0.25, 0.3) is 0 Å². The van der Waals surface area contributed by atoms with Crippen molar-refractivity contribution in [2.24, 2.45) is 0 Å². The molecule has 2 aromatic carbocycles. The van der Waals surface area contributed by atoms with Gasteiger partial charge >= 0.3 is 7.12 Å². The molecular formula is C20H24BN5O2. The Bertz CT molecular complexity index is 989. The first kappa shape index (κ1) is 18.7. The predicted molar refractivity (Wildman–Crippen MR) is 114 cm³/mol. The summed E-state index contributed by atoms with van der Waals surface area (Å²) in [7, 11) is 0.582. The molecule has 1 fully saturated rings. The molecule has 1 saturated heterocycles. The quantitative estimate of drug-likeness (QED) is 0.588. The van der Waals surface area contributed by atoms with Gasteiger partial charge in [-0.3, -0.25) is 0 Å². The van der Waals surface area contributed by atoms with Crippen molar-refractivity contribution in [2.45, 2.75) is 6.92 Å². The largest absolute Gasteiger partial charge is 0.490 e. The van der Waals surface area contributed by atoms with Gasteiger partial charge in [-0.15, -0.1) is 0 Å². The average molecular weight is 377 g/mol. The molecule has 0 unspecified atom stereocenters. The van der Waals surface area contributed by atoms with Crippen molar-refractivity contribution < 1.29 is 10.0 Å². The van der Waals surface area contributed by atoms with E-state index < -0.39 is 7.12 Å². The van der Waals surface area contributed by atoms with Gasteiger partial charge in [-0.1, -0.05) is 18.2 Å². The van der Waals surface area contributed by atoms with E-state index in [-0.39, 0.29) is 0 Å². The molecule has 8 heteroatoms. The Morgan fingerprint density at radius 2 is 1.86 bits per heavy atom. The topological polar surface area (TPSA) is 84.8 Å². The van der Waals surface area contributed by atoms with Gasteiger partial charge in [0.05, 0.1) is 5.52 Å². The first-order valence-electron chi connectivity index (χ1n) is 9.44. The molecule has 0 atom stereocenters. The number of nitrogens with one attached hydrogen (secondary N) is 1. The summed E-state index contributed by atoms with van der Waals surface area (Å²) in [6.45, 7) is 6.32. The van der Waals surface area contributed by atoms with Crippen molar-refractivity contribution in [3.63, 3.8) is 0 Å². The van der Waals surface area contributed by atoms with E-state index >= 15 is 0 Å².